The van der Waals surface area contributed by atoms with Gasteiger partial charge in [-0.05, 0) is 30.7 Å². The molecule has 1 amide bonds. The maximum absolute atomic E-state index is 11.9. The third-order valence-corrected chi connectivity index (χ3v) is 3.54. The standard InChI is InChI=1S/C15H22N2O/c1-2-13(16)10-14(18)17-15(12-8-9-12)11-6-4-3-5-7-11/h3-7,12-13,15H,2,8-10,16H2,1H3,(H,17,18). The van der Waals surface area contributed by atoms with Crippen molar-refractivity contribution < 1.29 is 4.79 Å². The maximum atomic E-state index is 11.9. The largest absolute Gasteiger partial charge is 0.349 e. The summed E-state index contributed by atoms with van der Waals surface area (Å²) in [5, 5.41) is 3.14. The lowest BCUT2D eigenvalue weighted by Gasteiger charge is -2.20. The second kappa shape index (κ2) is 6.01. The van der Waals surface area contributed by atoms with E-state index in [4.69, 9.17) is 5.73 Å². The fourth-order valence-electron chi connectivity index (χ4n) is 2.18. The number of carbonyl (C=O) groups is 1. The molecule has 3 N–H and O–H groups in total. The van der Waals surface area contributed by atoms with E-state index in [-0.39, 0.29) is 18.0 Å². The predicted molar refractivity (Wildman–Crippen MR) is 72.9 cm³/mol. The van der Waals surface area contributed by atoms with Gasteiger partial charge < -0.3 is 11.1 Å². The number of hydrogen-bond donors (Lipinski definition) is 2. The Labute approximate surface area is 109 Å². The third kappa shape index (κ3) is 3.57. The van der Waals surface area contributed by atoms with Gasteiger partial charge in [-0.15, -0.1) is 0 Å². The number of benzene rings is 1. The van der Waals surface area contributed by atoms with Crippen LogP contribution in [0, 0.1) is 5.92 Å². The molecule has 0 saturated heterocycles. The van der Waals surface area contributed by atoms with Crippen molar-refractivity contribution in [1.29, 1.82) is 0 Å². The Balaban J connectivity index is 1.97. The van der Waals surface area contributed by atoms with Crippen LogP contribution in [0.1, 0.15) is 44.2 Å². The third-order valence-electron chi connectivity index (χ3n) is 3.54. The van der Waals surface area contributed by atoms with Gasteiger partial charge in [0.05, 0.1) is 6.04 Å². The first-order valence-electron chi connectivity index (χ1n) is 6.80. The minimum absolute atomic E-state index is 0.0272. The average Bonchev–Trinajstić information content (AvgIpc) is 3.21. The summed E-state index contributed by atoms with van der Waals surface area (Å²) in [6.07, 6.45) is 3.68. The van der Waals surface area contributed by atoms with Gasteiger partial charge in [-0.1, -0.05) is 37.3 Å². The maximum Gasteiger partial charge on any atom is 0.222 e. The van der Waals surface area contributed by atoms with E-state index >= 15 is 0 Å². The quantitative estimate of drug-likeness (QED) is 0.809. The Bertz CT molecular complexity index is 387. The first-order chi connectivity index (χ1) is 8.70. The zero-order valence-electron chi connectivity index (χ0n) is 10.9. The van der Waals surface area contributed by atoms with Crippen molar-refractivity contribution in [2.75, 3.05) is 0 Å². The molecule has 0 aromatic heterocycles. The summed E-state index contributed by atoms with van der Waals surface area (Å²) >= 11 is 0. The summed E-state index contributed by atoms with van der Waals surface area (Å²) in [6.45, 7) is 2.01. The molecule has 18 heavy (non-hydrogen) atoms. The molecule has 1 fully saturated rings. The zero-order chi connectivity index (χ0) is 13.0. The van der Waals surface area contributed by atoms with Gasteiger partial charge in [0.25, 0.3) is 0 Å². The molecule has 2 unspecified atom stereocenters. The van der Waals surface area contributed by atoms with Crippen LogP contribution >= 0.6 is 0 Å². The zero-order valence-corrected chi connectivity index (χ0v) is 10.9. The van der Waals surface area contributed by atoms with Gasteiger partial charge in [-0.2, -0.15) is 0 Å². The van der Waals surface area contributed by atoms with Gasteiger partial charge >= 0.3 is 0 Å². The molecule has 0 radical (unpaired) electrons. The lowest BCUT2D eigenvalue weighted by Crippen LogP contribution is -2.34. The van der Waals surface area contributed by atoms with Crippen molar-refractivity contribution in [1.82, 2.24) is 5.32 Å². The molecule has 2 rings (SSSR count). The Morgan fingerprint density at radius 2 is 2.06 bits per heavy atom. The van der Waals surface area contributed by atoms with E-state index in [2.05, 4.69) is 17.4 Å². The summed E-state index contributed by atoms with van der Waals surface area (Å²) in [4.78, 5) is 11.9. The fourth-order valence-corrected chi connectivity index (χ4v) is 2.18. The van der Waals surface area contributed by atoms with E-state index in [0.29, 0.717) is 12.3 Å². The molecule has 1 aromatic carbocycles. The molecule has 3 nitrogen and oxygen atoms in total. The van der Waals surface area contributed by atoms with E-state index in [1.807, 2.05) is 25.1 Å². The van der Waals surface area contributed by atoms with Crippen LogP contribution in [-0.2, 0) is 4.79 Å². The monoisotopic (exact) mass is 246 g/mol. The first-order valence-corrected chi connectivity index (χ1v) is 6.80. The molecule has 1 aromatic rings. The Morgan fingerprint density at radius 3 is 2.61 bits per heavy atom. The van der Waals surface area contributed by atoms with E-state index in [1.54, 1.807) is 0 Å². The van der Waals surface area contributed by atoms with E-state index < -0.39 is 0 Å². The molecule has 0 spiro atoms. The fraction of sp³-hybridized carbons (Fsp3) is 0.533. The van der Waals surface area contributed by atoms with Crippen LogP contribution < -0.4 is 11.1 Å². The molecule has 1 aliphatic rings. The smallest absolute Gasteiger partial charge is 0.222 e. The Morgan fingerprint density at radius 1 is 1.39 bits per heavy atom. The number of rotatable bonds is 6. The van der Waals surface area contributed by atoms with Crippen LogP contribution in [0.3, 0.4) is 0 Å². The minimum atomic E-state index is -0.0272. The van der Waals surface area contributed by atoms with Crippen LogP contribution in [0.15, 0.2) is 30.3 Å². The van der Waals surface area contributed by atoms with Crippen LogP contribution in [0.25, 0.3) is 0 Å². The lowest BCUT2D eigenvalue weighted by atomic mass is 10.0. The summed E-state index contributed by atoms with van der Waals surface area (Å²) < 4.78 is 0. The summed E-state index contributed by atoms with van der Waals surface area (Å²) in [7, 11) is 0. The van der Waals surface area contributed by atoms with E-state index in [9.17, 15) is 4.79 Å². The molecule has 3 heteroatoms. The molecule has 0 aliphatic heterocycles. The number of hydrogen-bond acceptors (Lipinski definition) is 2. The van der Waals surface area contributed by atoms with Crippen molar-refractivity contribution in [3.63, 3.8) is 0 Å². The number of nitrogens with two attached hydrogens (primary N) is 1. The first kappa shape index (κ1) is 13.1. The highest BCUT2D eigenvalue weighted by Crippen LogP contribution is 2.40. The van der Waals surface area contributed by atoms with Gasteiger partial charge in [0.2, 0.25) is 5.91 Å². The highest BCUT2D eigenvalue weighted by Gasteiger charge is 2.33. The van der Waals surface area contributed by atoms with Crippen LogP contribution in [0.4, 0.5) is 0 Å². The summed E-state index contributed by atoms with van der Waals surface area (Å²) in [5.74, 6) is 0.680. The Hall–Kier alpha value is -1.35. The molecule has 1 saturated carbocycles. The molecule has 98 valence electrons. The SMILES string of the molecule is CCC(N)CC(=O)NC(c1ccccc1)C1CC1. The summed E-state index contributed by atoms with van der Waals surface area (Å²) in [6, 6.07) is 10.4. The highest BCUT2D eigenvalue weighted by molar-refractivity contribution is 5.77. The second-order valence-electron chi connectivity index (χ2n) is 5.17. The number of nitrogens with one attached hydrogen (secondary N) is 1. The molecule has 2 atom stereocenters. The normalized spacial score (nSPS) is 18.1. The second-order valence-corrected chi connectivity index (χ2v) is 5.17. The molecule has 0 bridgehead atoms. The lowest BCUT2D eigenvalue weighted by molar-refractivity contribution is -0.122. The molecule has 1 aliphatic carbocycles. The van der Waals surface area contributed by atoms with Crippen molar-refractivity contribution in [3.8, 4) is 0 Å². The van der Waals surface area contributed by atoms with Gasteiger partial charge in [-0.3, -0.25) is 4.79 Å². The van der Waals surface area contributed by atoms with E-state index in [0.717, 1.165) is 6.42 Å². The summed E-state index contributed by atoms with van der Waals surface area (Å²) in [5.41, 5.74) is 7.03. The van der Waals surface area contributed by atoms with Gasteiger partial charge in [-0.25, -0.2) is 0 Å². The van der Waals surface area contributed by atoms with Crippen LogP contribution in [0.2, 0.25) is 0 Å². The van der Waals surface area contributed by atoms with Gasteiger partial charge in [0.15, 0.2) is 0 Å². The molecular weight excluding hydrogens is 224 g/mol. The number of amides is 1. The van der Waals surface area contributed by atoms with Crippen LogP contribution in [-0.4, -0.2) is 11.9 Å². The van der Waals surface area contributed by atoms with Crippen molar-refractivity contribution in [2.45, 2.75) is 44.7 Å². The average molecular weight is 246 g/mol. The van der Waals surface area contributed by atoms with Crippen LogP contribution in [0.5, 0.6) is 0 Å². The van der Waals surface area contributed by atoms with Crippen molar-refractivity contribution >= 4 is 5.91 Å². The number of carbonyl (C=O) groups excluding carboxylic acids is 1. The van der Waals surface area contributed by atoms with Crippen molar-refractivity contribution in [2.24, 2.45) is 11.7 Å². The topological polar surface area (TPSA) is 55.1 Å². The molecule has 0 heterocycles. The minimum Gasteiger partial charge on any atom is -0.349 e. The van der Waals surface area contributed by atoms with E-state index in [1.165, 1.54) is 18.4 Å². The van der Waals surface area contributed by atoms with Crippen molar-refractivity contribution in [3.05, 3.63) is 35.9 Å². The molecular formula is C15H22N2O. The van der Waals surface area contributed by atoms with Gasteiger partial charge in [0, 0.05) is 12.5 Å². The Kier molecular flexibility index (Phi) is 4.37. The van der Waals surface area contributed by atoms with Gasteiger partial charge in [0.1, 0.15) is 0 Å². The predicted octanol–water partition coefficient (Wildman–Crippen LogP) is 2.38. The highest BCUT2D eigenvalue weighted by atomic mass is 16.1.